The molecule has 0 aliphatic carbocycles. The highest BCUT2D eigenvalue weighted by Gasteiger charge is 2.46. The number of aliphatic hydroxyl groups is 1. The second-order valence-electron chi connectivity index (χ2n) is 5.76. The van der Waals surface area contributed by atoms with Crippen molar-refractivity contribution in [3.8, 4) is 0 Å². The van der Waals surface area contributed by atoms with Crippen LogP contribution in [-0.2, 0) is 9.59 Å². The fourth-order valence-electron chi connectivity index (χ4n) is 2.99. The van der Waals surface area contributed by atoms with Crippen LogP contribution in [0, 0.1) is 0 Å². The van der Waals surface area contributed by atoms with Crippen LogP contribution >= 0.6 is 11.6 Å². The van der Waals surface area contributed by atoms with E-state index in [1.165, 1.54) is 4.90 Å². The first kappa shape index (κ1) is 17.2. The van der Waals surface area contributed by atoms with Crippen molar-refractivity contribution >= 4 is 29.1 Å². The maximum atomic E-state index is 12.6. The number of benzene rings is 1. The molecule has 1 N–H and O–H groups in total. The number of ketones is 1. The molecule has 1 saturated heterocycles. The summed E-state index contributed by atoms with van der Waals surface area (Å²) in [6.07, 6.45) is 2.29. The summed E-state index contributed by atoms with van der Waals surface area (Å²) in [6, 6.07) is 11.1. The van der Waals surface area contributed by atoms with Crippen molar-refractivity contribution in [2.45, 2.75) is 19.4 Å². The highest BCUT2D eigenvalue weighted by molar-refractivity contribution is 6.46. The maximum absolute atomic E-state index is 12.6. The Balaban J connectivity index is 2.19. The largest absolute Gasteiger partial charge is 0.507 e. The van der Waals surface area contributed by atoms with E-state index in [1.807, 2.05) is 6.92 Å². The number of halogens is 1. The molecule has 1 aromatic carbocycles. The molecule has 0 radical (unpaired) electrons. The molecular formula is C19H17ClN2O3. The number of amides is 1. The minimum Gasteiger partial charge on any atom is -0.507 e. The lowest BCUT2D eigenvalue weighted by molar-refractivity contribution is -0.139. The summed E-state index contributed by atoms with van der Waals surface area (Å²) < 4.78 is 0. The Morgan fingerprint density at radius 3 is 2.68 bits per heavy atom. The van der Waals surface area contributed by atoms with Crippen LogP contribution in [0.15, 0.2) is 54.2 Å². The first-order valence-corrected chi connectivity index (χ1v) is 8.37. The molecule has 0 bridgehead atoms. The van der Waals surface area contributed by atoms with E-state index >= 15 is 0 Å². The normalized spacial score (nSPS) is 19.4. The summed E-state index contributed by atoms with van der Waals surface area (Å²) in [7, 11) is 0. The van der Waals surface area contributed by atoms with Gasteiger partial charge in [-0.2, -0.15) is 0 Å². The second kappa shape index (κ2) is 7.07. The highest BCUT2D eigenvalue weighted by atomic mass is 35.5. The van der Waals surface area contributed by atoms with Gasteiger partial charge in [0.05, 0.1) is 11.3 Å². The predicted octanol–water partition coefficient (Wildman–Crippen LogP) is 3.57. The number of hydrogen-bond donors (Lipinski definition) is 1. The summed E-state index contributed by atoms with van der Waals surface area (Å²) in [6.45, 7) is 2.32. The van der Waals surface area contributed by atoms with Crippen LogP contribution < -0.4 is 0 Å². The van der Waals surface area contributed by atoms with Crippen molar-refractivity contribution < 1.29 is 14.7 Å². The molecule has 1 unspecified atom stereocenters. The van der Waals surface area contributed by atoms with E-state index in [-0.39, 0.29) is 11.3 Å². The third-order valence-electron chi connectivity index (χ3n) is 4.07. The molecule has 1 aliphatic heterocycles. The summed E-state index contributed by atoms with van der Waals surface area (Å²) in [5.41, 5.74) is 0.973. The zero-order chi connectivity index (χ0) is 18.0. The number of carbonyl (C=O) groups excluding carboxylic acids is 2. The molecule has 1 aromatic heterocycles. The lowest BCUT2D eigenvalue weighted by atomic mass is 9.98. The molecule has 25 heavy (non-hydrogen) atoms. The van der Waals surface area contributed by atoms with Gasteiger partial charge in [0, 0.05) is 23.3 Å². The molecule has 1 atom stereocenters. The Morgan fingerprint density at radius 2 is 2.04 bits per heavy atom. The second-order valence-corrected chi connectivity index (χ2v) is 6.19. The Hall–Kier alpha value is -2.66. The van der Waals surface area contributed by atoms with Crippen molar-refractivity contribution in [2.75, 3.05) is 6.54 Å². The van der Waals surface area contributed by atoms with Gasteiger partial charge in [0.25, 0.3) is 11.7 Å². The lowest BCUT2D eigenvalue weighted by Gasteiger charge is -2.23. The van der Waals surface area contributed by atoms with E-state index < -0.39 is 17.7 Å². The average Bonchev–Trinajstić information content (AvgIpc) is 2.87. The first-order valence-electron chi connectivity index (χ1n) is 8.00. The standard InChI is InChI=1S/C19H17ClN2O3/c1-2-10-22-16(14-8-3-4-9-21-14)15(18(24)19(22)25)17(23)12-6-5-7-13(20)11-12/h3-9,11,16,23H,2,10H2,1H3/b17-15-. The SMILES string of the molecule is CCCN1C(=O)C(=O)/C(=C(\O)c2cccc(Cl)c2)C1c1ccccn1. The summed E-state index contributed by atoms with van der Waals surface area (Å²) in [4.78, 5) is 30.8. The van der Waals surface area contributed by atoms with Crippen LogP contribution in [0.25, 0.3) is 5.76 Å². The molecule has 6 heteroatoms. The van der Waals surface area contributed by atoms with Gasteiger partial charge in [0.1, 0.15) is 11.8 Å². The zero-order valence-corrected chi connectivity index (χ0v) is 14.4. The van der Waals surface area contributed by atoms with Crippen molar-refractivity contribution in [3.05, 3.63) is 70.5 Å². The fourth-order valence-corrected chi connectivity index (χ4v) is 3.18. The monoisotopic (exact) mass is 356 g/mol. The molecule has 1 fully saturated rings. The number of aromatic nitrogens is 1. The summed E-state index contributed by atoms with van der Waals surface area (Å²) in [5.74, 6) is -1.57. The van der Waals surface area contributed by atoms with E-state index in [0.29, 0.717) is 29.2 Å². The Labute approximate surface area is 150 Å². The maximum Gasteiger partial charge on any atom is 0.295 e. The number of aliphatic hydroxyl groups excluding tert-OH is 1. The summed E-state index contributed by atoms with van der Waals surface area (Å²) in [5, 5.41) is 11.2. The first-order chi connectivity index (χ1) is 12.0. The van der Waals surface area contributed by atoms with E-state index in [9.17, 15) is 14.7 Å². The van der Waals surface area contributed by atoms with Gasteiger partial charge in [-0.05, 0) is 30.7 Å². The van der Waals surface area contributed by atoms with Gasteiger partial charge in [-0.3, -0.25) is 14.6 Å². The minimum absolute atomic E-state index is 0.0411. The number of carbonyl (C=O) groups is 2. The number of pyridine rings is 1. The third kappa shape index (κ3) is 3.15. The molecular weight excluding hydrogens is 340 g/mol. The number of rotatable bonds is 4. The van der Waals surface area contributed by atoms with Gasteiger partial charge >= 0.3 is 0 Å². The van der Waals surface area contributed by atoms with Crippen molar-refractivity contribution in [1.29, 1.82) is 0 Å². The van der Waals surface area contributed by atoms with Crippen LogP contribution in [0.4, 0.5) is 0 Å². The smallest absolute Gasteiger partial charge is 0.295 e. The van der Waals surface area contributed by atoms with Crippen molar-refractivity contribution in [2.24, 2.45) is 0 Å². The number of Topliss-reactive ketones (excluding diaryl/α,β-unsaturated/α-hetero) is 1. The van der Waals surface area contributed by atoms with E-state index in [2.05, 4.69) is 4.98 Å². The fraction of sp³-hybridized carbons (Fsp3) is 0.211. The van der Waals surface area contributed by atoms with Gasteiger partial charge in [0.15, 0.2) is 0 Å². The molecule has 2 aromatic rings. The molecule has 1 amide bonds. The average molecular weight is 357 g/mol. The van der Waals surface area contributed by atoms with Crippen LogP contribution in [0.1, 0.15) is 30.6 Å². The van der Waals surface area contributed by atoms with E-state index in [0.717, 1.165) is 0 Å². The summed E-state index contributed by atoms with van der Waals surface area (Å²) >= 11 is 5.98. The predicted molar refractivity (Wildman–Crippen MR) is 95.0 cm³/mol. The van der Waals surface area contributed by atoms with Gasteiger partial charge in [-0.15, -0.1) is 0 Å². The van der Waals surface area contributed by atoms with Crippen molar-refractivity contribution in [1.82, 2.24) is 9.88 Å². The molecule has 1 aliphatic rings. The van der Waals surface area contributed by atoms with Crippen LogP contribution in [0.2, 0.25) is 5.02 Å². The van der Waals surface area contributed by atoms with Crippen LogP contribution in [0.5, 0.6) is 0 Å². The molecule has 128 valence electrons. The highest BCUT2D eigenvalue weighted by Crippen LogP contribution is 2.38. The third-order valence-corrected chi connectivity index (χ3v) is 4.31. The van der Waals surface area contributed by atoms with Crippen molar-refractivity contribution in [3.63, 3.8) is 0 Å². The molecule has 0 spiro atoms. The zero-order valence-electron chi connectivity index (χ0n) is 13.6. The van der Waals surface area contributed by atoms with Gasteiger partial charge in [0.2, 0.25) is 0 Å². The molecule has 0 saturated carbocycles. The minimum atomic E-state index is -0.708. The molecule has 3 rings (SSSR count). The quantitative estimate of drug-likeness (QED) is 0.516. The van der Waals surface area contributed by atoms with Crippen LogP contribution in [0.3, 0.4) is 0 Å². The van der Waals surface area contributed by atoms with Crippen LogP contribution in [-0.4, -0.2) is 33.2 Å². The number of hydrogen-bond acceptors (Lipinski definition) is 4. The van der Waals surface area contributed by atoms with Gasteiger partial charge in [-0.1, -0.05) is 36.7 Å². The Bertz CT molecular complexity index is 849. The molecule has 2 heterocycles. The molecule has 5 nitrogen and oxygen atoms in total. The van der Waals surface area contributed by atoms with E-state index in [1.54, 1.807) is 48.7 Å². The van der Waals surface area contributed by atoms with Gasteiger partial charge < -0.3 is 10.0 Å². The number of nitrogens with zero attached hydrogens (tertiary/aromatic N) is 2. The topological polar surface area (TPSA) is 70.5 Å². The Kier molecular flexibility index (Phi) is 4.86. The Morgan fingerprint density at radius 1 is 1.24 bits per heavy atom. The number of likely N-dealkylation sites (tertiary alicyclic amines) is 1. The van der Waals surface area contributed by atoms with E-state index in [4.69, 9.17) is 11.6 Å². The lowest BCUT2D eigenvalue weighted by Crippen LogP contribution is -2.30. The van der Waals surface area contributed by atoms with Gasteiger partial charge in [-0.25, -0.2) is 0 Å².